The molecule has 4 N–H and O–H groups in total. The number of ether oxygens (including phenoxy) is 6. The molecule has 1 aromatic carbocycles. The Morgan fingerprint density at radius 1 is 0.974 bits per heavy atom. The van der Waals surface area contributed by atoms with E-state index in [-0.39, 0.29) is 24.5 Å². The summed E-state index contributed by atoms with van der Waals surface area (Å²) in [6, 6.07) is 4.21. The summed E-state index contributed by atoms with van der Waals surface area (Å²) < 4.78 is 32.2. The Balaban J connectivity index is 2.56. The van der Waals surface area contributed by atoms with Crippen LogP contribution in [0.2, 0.25) is 0 Å². The van der Waals surface area contributed by atoms with Gasteiger partial charge in [0, 0.05) is 27.3 Å². The second kappa shape index (κ2) is 14.3. The average Bonchev–Trinajstić information content (AvgIpc) is 2.86. The summed E-state index contributed by atoms with van der Waals surface area (Å²) >= 11 is 0. The molecule has 38 heavy (non-hydrogen) atoms. The summed E-state index contributed by atoms with van der Waals surface area (Å²) in [5.74, 6) is -4.17. The van der Waals surface area contributed by atoms with E-state index >= 15 is 0 Å². The van der Waals surface area contributed by atoms with Gasteiger partial charge in [0.15, 0.2) is 18.3 Å². The molecule has 0 spiro atoms. The molecule has 0 saturated carbocycles. The van der Waals surface area contributed by atoms with Crippen molar-refractivity contribution in [3.63, 3.8) is 0 Å². The van der Waals surface area contributed by atoms with Gasteiger partial charge in [-0.25, -0.2) is 4.79 Å². The maximum atomic E-state index is 12.9. The number of carbonyl (C=O) groups excluding carboxylic acids is 5. The van der Waals surface area contributed by atoms with Crippen molar-refractivity contribution in [3.05, 3.63) is 29.3 Å². The summed E-state index contributed by atoms with van der Waals surface area (Å²) in [5, 5.41) is 12.2. The molecule has 210 valence electrons. The lowest BCUT2D eigenvalue weighted by Gasteiger charge is -2.43. The van der Waals surface area contributed by atoms with Crippen LogP contribution < -0.4 is 15.8 Å². The number of benzene rings is 1. The monoisotopic (exact) mass is 540 g/mol. The fourth-order valence-electron chi connectivity index (χ4n) is 3.65. The van der Waals surface area contributed by atoms with Gasteiger partial charge >= 0.3 is 23.9 Å². The Morgan fingerprint density at radius 2 is 1.58 bits per heavy atom. The molecule has 0 unspecified atom stereocenters. The van der Waals surface area contributed by atoms with E-state index in [9.17, 15) is 29.1 Å². The van der Waals surface area contributed by atoms with E-state index in [4.69, 9.17) is 34.2 Å². The van der Waals surface area contributed by atoms with E-state index in [1.807, 2.05) is 0 Å². The first kappa shape index (κ1) is 30.5. The molecule has 14 heteroatoms. The van der Waals surface area contributed by atoms with Gasteiger partial charge in [-0.15, -0.1) is 0 Å². The lowest BCUT2D eigenvalue weighted by Crippen LogP contribution is -2.64. The van der Waals surface area contributed by atoms with Crippen molar-refractivity contribution in [2.24, 2.45) is 5.73 Å². The fourth-order valence-corrected chi connectivity index (χ4v) is 3.65. The van der Waals surface area contributed by atoms with E-state index in [1.54, 1.807) is 0 Å². The van der Waals surface area contributed by atoms with E-state index < -0.39 is 60.5 Å². The molecule has 1 fully saturated rings. The minimum atomic E-state index is -1.66. The van der Waals surface area contributed by atoms with Gasteiger partial charge < -0.3 is 44.6 Å². The molecule has 1 aliphatic rings. The Kier molecular flexibility index (Phi) is 11.4. The number of methoxy groups -OCH3 is 1. The zero-order chi connectivity index (χ0) is 28.4. The number of rotatable bonds is 11. The van der Waals surface area contributed by atoms with Crippen LogP contribution in [0.5, 0.6) is 5.75 Å². The Morgan fingerprint density at radius 3 is 2.13 bits per heavy atom. The summed E-state index contributed by atoms with van der Waals surface area (Å²) in [6.07, 6.45) is -7.47. The van der Waals surface area contributed by atoms with Gasteiger partial charge in [0.25, 0.3) is 5.91 Å². The third-order valence-electron chi connectivity index (χ3n) is 5.22. The first-order chi connectivity index (χ1) is 18.0. The van der Waals surface area contributed by atoms with Crippen LogP contribution in [-0.4, -0.2) is 85.8 Å². The summed E-state index contributed by atoms with van der Waals surface area (Å²) in [5.41, 5.74) is 5.85. The fraction of sp³-hybridized carbons (Fsp3) is 0.542. The number of carbonyl (C=O) groups is 5. The van der Waals surface area contributed by atoms with Gasteiger partial charge in [-0.1, -0.05) is 6.07 Å². The molecule has 0 aliphatic carbocycles. The van der Waals surface area contributed by atoms with E-state index in [0.717, 1.165) is 27.9 Å². The second-order valence-electron chi connectivity index (χ2n) is 8.17. The van der Waals surface area contributed by atoms with Crippen molar-refractivity contribution < 1.29 is 57.5 Å². The van der Waals surface area contributed by atoms with Crippen molar-refractivity contribution in [2.75, 3.05) is 20.2 Å². The third-order valence-corrected chi connectivity index (χ3v) is 5.22. The van der Waals surface area contributed by atoms with Gasteiger partial charge in [-0.05, 0) is 30.7 Å². The first-order valence-corrected chi connectivity index (χ1v) is 11.7. The molecule has 1 amide bonds. The molecule has 1 saturated heterocycles. The normalized spacial score (nSPS) is 22.5. The van der Waals surface area contributed by atoms with Crippen LogP contribution in [0.1, 0.15) is 43.1 Å². The number of nitrogens with one attached hydrogen (secondary N) is 1. The van der Waals surface area contributed by atoms with Gasteiger partial charge in [0.05, 0.1) is 19.3 Å². The van der Waals surface area contributed by atoms with Crippen LogP contribution in [-0.2, 0) is 49.5 Å². The minimum absolute atomic E-state index is 0.0143. The quantitative estimate of drug-likeness (QED) is 0.181. The second-order valence-corrected chi connectivity index (χ2v) is 8.17. The highest BCUT2D eigenvalue weighted by Gasteiger charge is 2.56. The lowest BCUT2D eigenvalue weighted by molar-refractivity contribution is -0.282. The van der Waals surface area contributed by atoms with Crippen molar-refractivity contribution in [3.8, 4) is 5.75 Å². The number of esters is 4. The SMILES string of the molecule is COC(=O)[C@H]1O[C@@H](Oc2ccc(CO)cc2C(=O)NCCCN)[C@H](OC(C)=O)[C@@H](OC(C)=O)[C@@H]1OC(C)=O. The highest BCUT2D eigenvalue weighted by molar-refractivity contribution is 5.97. The molecule has 0 aromatic heterocycles. The van der Waals surface area contributed by atoms with Gasteiger partial charge in [-0.2, -0.15) is 0 Å². The number of hydrogen-bond donors (Lipinski definition) is 3. The molecule has 14 nitrogen and oxygen atoms in total. The molecule has 1 aliphatic heterocycles. The number of nitrogens with two attached hydrogens (primary N) is 1. The number of hydrogen-bond acceptors (Lipinski definition) is 13. The van der Waals surface area contributed by atoms with Crippen LogP contribution in [0.4, 0.5) is 0 Å². The Bertz CT molecular complexity index is 1030. The predicted molar refractivity (Wildman–Crippen MR) is 126 cm³/mol. The van der Waals surface area contributed by atoms with E-state index in [2.05, 4.69) is 5.32 Å². The van der Waals surface area contributed by atoms with Crippen molar-refractivity contribution in [1.82, 2.24) is 5.32 Å². The van der Waals surface area contributed by atoms with Crippen LogP contribution in [0.25, 0.3) is 0 Å². The van der Waals surface area contributed by atoms with Gasteiger partial charge in [0.1, 0.15) is 5.75 Å². The number of aliphatic hydroxyl groups excluding tert-OH is 1. The molecular weight excluding hydrogens is 508 g/mol. The molecule has 1 aromatic rings. The zero-order valence-electron chi connectivity index (χ0n) is 21.5. The summed E-state index contributed by atoms with van der Waals surface area (Å²) in [7, 11) is 1.06. The predicted octanol–water partition coefficient (Wildman–Crippen LogP) is -0.671. The van der Waals surface area contributed by atoms with Crippen molar-refractivity contribution in [1.29, 1.82) is 0 Å². The minimum Gasteiger partial charge on any atom is -0.467 e. The highest BCUT2D eigenvalue weighted by atomic mass is 16.7. The average molecular weight is 541 g/mol. The van der Waals surface area contributed by atoms with Gasteiger partial charge in [-0.3, -0.25) is 19.2 Å². The largest absolute Gasteiger partial charge is 0.467 e. The van der Waals surface area contributed by atoms with E-state index in [1.165, 1.54) is 18.2 Å². The highest BCUT2D eigenvalue weighted by Crippen LogP contribution is 2.32. The zero-order valence-corrected chi connectivity index (χ0v) is 21.5. The smallest absolute Gasteiger partial charge is 0.339 e. The topological polar surface area (TPSA) is 199 Å². The Labute approximate surface area is 218 Å². The molecule has 0 radical (unpaired) electrons. The van der Waals surface area contributed by atoms with E-state index in [0.29, 0.717) is 18.5 Å². The first-order valence-electron chi connectivity index (χ1n) is 11.7. The molecule has 5 atom stereocenters. The van der Waals surface area contributed by atoms with Crippen LogP contribution in [0.3, 0.4) is 0 Å². The number of amides is 1. The molecule has 0 bridgehead atoms. The lowest BCUT2D eigenvalue weighted by atomic mass is 9.97. The maximum Gasteiger partial charge on any atom is 0.339 e. The maximum absolute atomic E-state index is 12.9. The molecular formula is C24H32N2O12. The third kappa shape index (κ3) is 8.13. The van der Waals surface area contributed by atoms with Gasteiger partial charge in [0.2, 0.25) is 12.4 Å². The number of aliphatic hydroxyl groups is 1. The van der Waals surface area contributed by atoms with Crippen molar-refractivity contribution in [2.45, 2.75) is 64.5 Å². The van der Waals surface area contributed by atoms with Crippen molar-refractivity contribution >= 4 is 29.8 Å². The standard InChI is InChI=1S/C24H32N2O12/c1-12(28)34-18-19(35-13(2)29)21(36-14(3)30)24(38-20(18)23(32)33-4)37-17-7-6-15(11-27)10-16(17)22(31)26-9-5-8-25/h6-7,10,18-21,24,27H,5,8-9,11,25H2,1-4H3,(H,26,31)/t18-,19-,20-,21+,24+/m0/s1. The Hall–Kier alpha value is -3.75. The molecule has 1 heterocycles. The van der Waals surface area contributed by atoms with Crippen LogP contribution in [0, 0.1) is 0 Å². The van der Waals surface area contributed by atoms with Crippen LogP contribution >= 0.6 is 0 Å². The molecule has 2 rings (SSSR count). The summed E-state index contributed by atoms with van der Waals surface area (Å²) in [6.45, 7) is 3.42. The van der Waals surface area contributed by atoms with Crippen LogP contribution in [0.15, 0.2) is 18.2 Å². The summed E-state index contributed by atoms with van der Waals surface area (Å²) in [4.78, 5) is 61.2.